The van der Waals surface area contributed by atoms with Gasteiger partial charge in [-0.05, 0) is 52.6 Å². The molecule has 7 nitrogen and oxygen atoms in total. The van der Waals surface area contributed by atoms with E-state index in [1.165, 1.54) is 4.88 Å². The van der Waals surface area contributed by atoms with Gasteiger partial charge in [0.05, 0.1) is 32.5 Å². The second-order valence-electron chi connectivity index (χ2n) is 6.92. The first-order valence-electron chi connectivity index (χ1n) is 9.73. The molecule has 0 fully saturated rings. The zero-order valence-electron chi connectivity index (χ0n) is 18.5. The van der Waals surface area contributed by atoms with Crippen molar-refractivity contribution in [3.63, 3.8) is 0 Å². The van der Waals surface area contributed by atoms with Crippen LogP contribution in [-0.4, -0.2) is 57.2 Å². The first-order valence-corrected chi connectivity index (χ1v) is 10.5. The molecule has 0 saturated heterocycles. The molecule has 0 amide bonds. The summed E-state index contributed by atoms with van der Waals surface area (Å²) >= 11 is 1.70. The molecule has 1 aromatic heterocycles. The first kappa shape index (κ1) is 23.0. The van der Waals surface area contributed by atoms with Gasteiger partial charge in [-0.3, -0.25) is 0 Å². The van der Waals surface area contributed by atoms with Crippen molar-refractivity contribution in [2.75, 3.05) is 41.4 Å². The number of nitrogens with one attached hydrogen (secondary N) is 2. The van der Waals surface area contributed by atoms with Gasteiger partial charge in [0.15, 0.2) is 17.5 Å². The van der Waals surface area contributed by atoms with Crippen LogP contribution in [0.15, 0.2) is 23.2 Å². The van der Waals surface area contributed by atoms with Gasteiger partial charge in [0.25, 0.3) is 0 Å². The summed E-state index contributed by atoms with van der Waals surface area (Å²) in [7, 11) is 7.43. The molecule has 0 radical (unpaired) electrons. The molecular weight excluding hydrogens is 386 g/mol. The lowest BCUT2D eigenvalue weighted by Crippen LogP contribution is -2.41. The number of hydrogen-bond donors (Lipinski definition) is 2. The zero-order valence-corrected chi connectivity index (χ0v) is 19.3. The van der Waals surface area contributed by atoms with Crippen LogP contribution >= 0.6 is 11.3 Å². The van der Waals surface area contributed by atoms with Gasteiger partial charge in [0.1, 0.15) is 5.01 Å². The number of guanidine groups is 1. The summed E-state index contributed by atoms with van der Waals surface area (Å²) in [6.07, 6.45) is 0. The minimum atomic E-state index is 0.142. The number of hydrogen-bond acceptors (Lipinski definition) is 6. The third-order valence-corrected chi connectivity index (χ3v) is 5.73. The van der Waals surface area contributed by atoms with Crippen molar-refractivity contribution in [3.05, 3.63) is 39.3 Å². The van der Waals surface area contributed by atoms with Crippen LogP contribution in [0.3, 0.4) is 0 Å². The van der Waals surface area contributed by atoms with Crippen LogP contribution in [0.25, 0.3) is 0 Å². The van der Waals surface area contributed by atoms with Gasteiger partial charge < -0.3 is 25.0 Å². The summed E-state index contributed by atoms with van der Waals surface area (Å²) in [6.45, 7) is 8.25. The third-order valence-electron chi connectivity index (χ3n) is 4.67. The molecule has 1 unspecified atom stereocenters. The molecule has 0 saturated carbocycles. The van der Waals surface area contributed by atoms with Gasteiger partial charge in [-0.1, -0.05) is 6.07 Å². The zero-order chi connectivity index (χ0) is 21.4. The molecule has 0 aliphatic heterocycles. The minimum Gasteiger partial charge on any atom is -0.493 e. The fourth-order valence-electron chi connectivity index (χ4n) is 2.95. The third kappa shape index (κ3) is 6.33. The van der Waals surface area contributed by atoms with E-state index in [4.69, 9.17) is 14.5 Å². The largest absolute Gasteiger partial charge is 0.493 e. The fourth-order valence-corrected chi connectivity index (χ4v) is 3.81. The van der Waals surface area contributed by atoms with Crippen molar-refractivity contribution in [3.8, 4) is 11.5 Å². The van der Waals surface area contributed by atoms with Gasteiger partial charge in [0.2, 0.25) is 0 Å². The molecule has 1 heterocycles. The number of aryl methyl sites for hydroxylation is 2. The molecule has 1 aromatic carbocycles. The lowest BCUT2D eigenvalue weighted by atomic mass is 10.1. The Hall–Kier alpha value is -2.32. The molecule has 2 aromatic rings. The van der Waals surface area contributed by atoms with Gasteiger partial charge in [-0.15, -0.1) is 11.3 Å². The number of rotatable bonds is 9. The second-order valence-corrected chi connectivity index (χ2v) is 8.21. The van der Waals surface area contributed by atoms with Crippen molar-refractivity contribution in [2.45, 2.75) is 33.4 Å². The standard InChI is InChI=1S/C21H33N5O2S/c1-8-22-21(24-13-20-25-14(2)15(3)29-20)23-12-17(26(4)5)16-9-10-18(27-6)19(11-16)28-7/h9-11,17H,8,12-13H2,1-7H3,(H2,22,23,24). The van der Waals surface area contributed by atoms with Crippen LogP contribution in [-0.2, 0) is 6.54 Å². The van der Waals surface area contributed by atoms with Crippen LogP contribution in [0, 0.1) is 13.8 Å². The van der Waals surface area contributed by atoms with Crippen LogP contribution < -0.4 is 20.1 Å². The van der Waals surface area contributed by atoms with E-state index >= 15 is 0 Å². The summed E-state index contributed by atoms with van der Waals surface area (Å²) in [5, 5.41) is 7.80. The maximum Gasteiger partial charge on any atom is 0.191 e. The maximum atomic E-state index is 5.46. The van der Waals surface area contributed by atoms with E-state index in [2.05, 4.69) is 54.5 Å². The van der Waals surface area contributed by atoms with Gasteiger partial charge in [-0.2, -0.15) is 0 Å². The van der Waals surface area contributed by atoms with Gasteiger partial charge in [0, 0.05) is 18.0 Å². The molecule has 1 atom stereocenters. The maximum absolute atomic E-state index is 5.46. The average molecular weight is 420 g/mol. The smallest absolute Gasteiger partial charge is 0.191 e. The monoisotopic (exact) mass is 419 g/mol. The highest BCUT2D eigenvalue weighted by Crippen LogP contribution is 2.31. The normalized spacial score (nSPS) is 12.8. The molecule has 160 valence electrons. The molecule has 0 aliphatic rings. The van der Waals surface area contributed by atoms with E-state index in [1.807, 2.05) is 19.1 Å². The van der Waals surface area contributed by atoms with E-state index in [0.717, 1.165) is 40.3 Å². The molecule has 2 N–H and O–H groups in total. The Balaban J connectivity index is 2.12. The van der Waals surface area contributed by atoms with Gasteiger partial charge >= 0.3 is 0 Å². The number of aliphatic imine (C=N–C) groups is 1. The highest BCUT2D eigenvalue weighted by Gasteiger charge is 2.17. The Morgan fingerprint density at radius 1 is 1.17 bits per heavy atom. The molecule has 0 bridgehead atoms. The number of likely N-dealkylation sites (N-methyl/N-ethyl adjacent to an activating group) is 1. The minimum absolute atomic E-state index is 0.142. The molecule has 8 heteroatoms. The van der Waals surface area contributed by atoms with Crippen molar-refractivity contribution >= 4 is 17.3 Å². The second kappa shape index (κ2) is 11.0. The quantitative estimate of drug-likeness (QED) is 0.481. The van der Waals surface area contributed by atoms with E-state index < -0.39 is 0 Å². The number of thiazole rings is 1. The predicted molar refractivity (Wildman–Crippen MR) is 120 cm³/mol. The first-order chi connectivity index (χ1) is 13.9. The van der Waals surface area contributed by atoms with E-state index in [0.29, 0.717) is 13.1 Å². The Bertz CT molecular complexity index is 800. The number of methoxy groups -OCH3 is 2. The highest BCUT2D eigenvalue weighted by molar-refractivity contribution is 7.11. The fraction of sp³-hybridized carbons (Fsp3) is 0.524. The molecular formula is C21H33N5O2S. The van der Waals surface area contributed by atoms with E-state index in [1.54, 1.807) is 25.6 Å². The molecule has 0 aliphatic carbocycles. The summed E-state index contributed by atoms with van der Waals surface area (Å²) in [5.41, 5.74) is 2.22. The lowest BCUT2D eigenvalue weighted by Gasteiger charge is -2.26. The Labute approximate surface area is 178 Å². The average Bonchev–Trinajstić information content (AvgIpc) is 3.03. The summed E-state index contributed by atoms with van der Waals surface area (Å²) in [5.74, 6) is 2.24. The van der Waals surface area contributed by atoms with Crippen LogP contribution in [0.5, 0.6) is 11.5 Å². The van der Waals surface area contributed by atoms with Crippen molar-refractivity contribution in [1.29, 1.82) is 0 Å². The topological polar surface area (TPSA) is 71.0 Å². The Kier molecular flexibility index (Phi) is 8.72. The number of aromatic nitrogens is 1. The SMILES string of the molecule is CCNC(=NCc1nc(C)c(C)s1)NCC(c1ccc(OC)c(OC)c1)N(C)C. The summed E-state index contributed by atoms with van der Waals surface area (Å²) < 4.78 is 10.8. The highest BCUT2D eigenvalue weighted by atomic mass is 32.1. The van der Waals surface area contributed by atoms with Gasteiger partial charge in [-0.25, -0.2) is 9.98 Å². The lowest BCUT2D eigenvalue weighted by molar-refractivity contribution is 0.295. The van der Waals surface area contributed by atoms with Crippen molar-refractivity contribution in [2.24, 2.45) is 4.99 Å². The number of benzene rings is 1. The van der Waals surface area contributed by atoms with Crippen molar-refractivity contribution in [1.82, 2.24) is 20.5 Å². The Morgan fingerprint density at radius 2 is 1.90 bits per heavy atom. The van der Waals surface area contributed by atoms with Crippen LogP contribution in [0.1, 0.15) is 34.1 Å². The molecule has 2 rings (SSSR count). The summed E-state index contributed by atoms with van der Waals surface area (Å²) in [4.78, 5) is 12.7. The Morgan fingerprint density at radius 3 is 2.45 bits per heavy atom. The molecule has 0 spiro atoms. The van der Waals surface area contributed by atoms with Crippen LogP contribution in [0.4, 0.5) is 0 Å². The summed E-state index contributed by atoms with van der Waals surface area (Å²) in [6, 6.07) is 6.18. The van der Waals surface area contributed by atoms with Crippen molar-refractivity contribution < 1.29 is 9.47 Å². The number of ether oxygens (including phenoxy) is 2. The molecule has 29 heavy (non-hydrogen) atoms. The van der Waals surface area contributed by atoms with E-state index in [9.17, 15) is 0 Å². The van der Waals surface area contributed by atoms with Crippen LogP contribution in [0.2, 0.25) is 0 Å². The van der Waals surface area contributed by atoms with E-state index in [-0.39, 0.29) is 6.04 Å². The predicted octanol–water partition coefficient (Wildman–Crippen LogP) is 3.14. The number of nitrogens with zero attached hydrogens (tertiary/aromatic N) is 3.